The molecule has 8 N–H and O–H groups in total. The number of anilines is 1. The van der Waals surface area contributed by atoms with Gasteiger partial charge in [-0.25, -0.2) is 18.4 Å². The summed E-state index contributed by atoms with van der Waals surface area (Å²) in [6, 6.07) is 0. The maximum atomic E-state index is 11.8. The van der Waals surface area contributed by atoms with Gasteiger partial charge in [0.1, 0.15) is 18.3 Å². The van der Waals surface area contributed by atoms with Crippen LogP contribution >= 0.6 is 23.5 Å². The Morgan fingerprint density at radius 2 is 1.82 bits per heavy atom. The zero-order valence-corrected chi connectivity index (χ0v) is 20.9. The minimum Gasteiger partial charge on any atom is -0.756 e. The fraction of sp³-hybridized carbons (Fsp3) is 0.500. The van der Waals surface area contributed by atoms with Gasteiger partial charge in [-0.1, -0.05) is 0 Å². The normalized spacial score (nSPS) is 28.5. The summed E-state index contributed by atoms with van der Waals surface area (Å²) in [7, 11) is -17.1. The molecule has 19 nitrogen and oxygen atoms in total. The quantitative estimate of drug-likeness (QED) is 0.120. The van der Waals surface area contributed by atoms with E-state index < -0.39 is 60.2 Å². The van der Waals surface area contributed by atoms with Crippen molar-refractivity contribution in [2.75, 3.05) is 12.3 Å². The second kappa shape index (κ2) is 10.2. The molecule has 0 spiro atoms. The third-order valence-electron chi connectivity index (χ3n) is 3.88. The second-order valence-electron chi connectivity index (χ2n) is 6.19. The Hall–Kier alpha value is -0.560. The van der Waals surface area contributed by atoms with E-state index in [9.17, 15) is 38.5 Å². The number of aromatic nitrogens is 4. The summed E-state index contributed by atoms with van der Waals surface area (Å²) < 4.78 is 51.3. The number of H-pyrrole nitrogens is 1. The number of fused-ring (bicyclic) bond motifs is 1. The molecule has 0 saturated carbocycles. The number of phosphoric acid groups is 3. The van der Waals surface area contributed by atoms with Crippen LogP contribution in [0, 0.1) is 0 Å². The summed E-state index contributed by atoms with van der Waals surface area (Å²) in [4.78, 5) is 59.1. The van der Waals surface area contributed by atoms with Crippen LogP contribution in [0.1, 0.15) is 6.23 Å². The molecule has 7 atom stereocenters. The molecule has 0 radical (unpaired) electrons. The summed E-state index contributed by atoms with van der Waals surface area (Å²) in [5.41, 5.74) is 4.48. The number of aliphatic hydroxyl groups excluding tert-OH is 2. The molecule has 0 bridgehead atoms. The molecule has 1 aliphatic rings. The van der Waals surface area contributed by atoms with Gasteiger partial charge in [0.25, 0.3) is 13.4 Å². The van der Waals surface area contributed by atoms with E-state index in [1.165, 1.54) is 0 Å². The van der Waals surface area contributed by atoms with Gasteiger partial charge in [0, 0.05) is 0 Å². The number of hydrogen-bond acceptors (Lipinski definition) is 14. The van der Waals surface area contributed by atoms with Crippen LogP contribution in [-0.4, -0.2) is 69.3 Å². The van der Waals surface area contributed by atoms with Crippen molar-refractivity contribution in [1.82, 2.24) is 19.5 Å². The van der Waals surface area contributed by atoms with E-state index in [1.54, 1.807) is 0 Å². The van der Waals surface area contributed by atoms with Gasteiger partial charge in [0.2, 0.25) is 5.95 Å². The number of imidazole rings is 1. The Kier molecular flexibility index (Phi) is 8.86. The van der Waals surface area contributed by atoms with Crippen LogP contribution in [0.5, 0.6) is 0 Å². The fourth-order valence-electron chi connectivity index (χ4n) is 2.69. The molecule has 33 heavy (non-hydrogen) atoms. The molecule has 180 valence electrons. The number of ether oxygens (including phenoxy) is 1. The van der Waals surface area contributed by atoms with E-state index in [0.717, 1.165) is 10.9 Å². The third-order valence-corrected chi connectivity index (χ3v) is 7.65. The first-order valence-corrected chi connectivity index (χ1v) is 12.6. The third kappa shape index (κ3) is 6.99. The molecule has 3 heterocycles. The largest absolute Gasteiger partial charge is 1.00 e. The number of hydrogen-bond donors (Lipinski definition) is 7. The number of nitrogens with one attached hydrogen (secondary N) is 1. The number of aliphatic hydroxyl groups is 2. The van der Waals surface area contributed by atoms with Crippen molar-refractivity contribution in [3.63, 3.8) is 0 Å². The minimum atomic E-state index is -5.82. The molecule has 23 heteroatoms. The van der Waals surface area contributed by atoms with E-state index in [0.29, 0.717) is 0 Å². The smallest absolute Gasteiger partial charge is 0.756 e. The van der Waals surface area contributed by atoms with Gasteiger partial charge < -0.3 is 40.3 Å². The summed E-state index contributed by atoms with van der Waals surface area (Å²) in [6.45, 7) is -1.03. The molecule has 1 aliphatic heterocycles. The number of aromatic amines is 1. The number of rotatable bonds is 8. The molecular formula is C10H15N5NaO14P3. The topological polar surface area (TPSA) is 302 Å². The Bertz CT molecular complexity index is 1210. The Morgan fingerprint density at radius 3 is 2.42 bits per heavy atom. The molecular weight excluding hydrogens is 530 g/mol. The predicted molar refractivity (Wildman–Crippen MR) is 96.1 cm³/mol. The van der Waals surface area contributed by atoms with Crippen LogP contribution in [0.2, 0.25) is 0 Å². The molecule has 0 aliphatic carbocycles. The first-order valence-electron chi connectivity index (χ1n) is 8.09. The van der Waals surface area contributed by atoms with Gasteiger partial charge in [-0.05, 0) is 0 Å². The fourth-order valence-corrected chi connectivity index (χ4v) is 5.69. The molecule has 2 aromatic heterocycles. The van der Waals surface area contributed by atoms with Crippen LogP contribution < -0.4 is 45.7 Å². The molecule has 2 aromatic rings. The minimum absolute atomic E-state index is 0. The van der Waals surface area contributed by atoms with Crippen LogP contribution in [0.4, 0.5) is 5.95 Å². The van der Waals surface area contributed by atoms with E-state index in [1.807, 2.05) is 0 Å². The van der Waals surface area contributed by atoms with Crippen molar-refractivity contribution in [3.05, 3.63) is 16.7 Å². The van der Waals surface area contributed by atoms with Crippen LogP contribution in [-0.2, 0) is 31.6 Å². The zero-order valence-electron chi connectivity index (χ0n) is 16.3. The monoisotopic (exact) mass is 545 g/mol. The van der Waals surface area contributed by atoms with Crippen molar-refractivity contribution >= 4 is 40.6 Å². The van der Waals surface area contributed by atoms with Gasteiger partial charge in [0.05, 0.1) is 12.9 Å². The van der Waals surface area contributed by atoms with Crippen molar-refractivity contribution in [3.8, 4) is 0 Å². The van der Waals surface area contributed by atoms with E-state index in [2.05, 4.69) is 28.1 Å². The van der Waals surface area contributed by atoms with E-state index in [4.69, 9.17) is 20.3 Å². The van der Waals surface area contributed by atoms with E-state index in [-0.39, 0.29) is 46.7 Å². The first kappa shape index (κ1) is 28.7. The predicted octanol–water partition coefficient (Wildman–Crippen LogP) is -5.96. The maximum absolute atomic E-state index is 11.8. The van der Waals surface area contributed by atoms with Crippen molar-refractivity contribution in [1.29, 1.82) is 0 Å². The number of nitrogens with zero attached hydrogens (tertiary/aromatic N) is 3. The van der Waals surface area contributed by atoms with Crippen LogP contribution in [0.25, 0.3) is 11.2 Å². The second-order valence-corrected chi connectivity index (χ2v) is 10.6. The van der Waals surface area contributed by atoms with Crippen LogP contribution in [0.3, 0.4) is 0 Å². The molecule has 7 unspecified atom stereocenters. The standard InChI is InChI=1S/C10H16N5O14P3.Na/c11-10-13-7-4(8(18)14-10)12-2-15(7)9-6(17)5(16)3(27-9)1-26-31(22,23)29-32(24,25)28-30(19,20)21;/h2-3,5-6,9,16-17H,1H2,(H,22,23)(H,24,25)(H2,19,20,21)(H3,11,13,14,18);/q;+1/p-1. The Morgan fingerprint density at radius 1 is 1.18 bits per heavy atom. The SMILES string of the molecule is Nc1nc2c(ncn2C2OC(COP(=O)(O)OP(=O)(O)OP(=O)([O-])O)C(O)C2O)c(=O)[nH]1.[Na+]. The molecule has 1 saturated heterocycles. The Labute approximate surface area is 204 Å². The van der Waals surface area contributed by atoms with Gasteiger partial charge in [-0.15, -0.1) is 0 Å². The average molecular weight is 545 g/mol. The van der Waals surface area contributed by atoms with Crippen molar-refractivity contribution in [2.45, 2.75) is 24.5 Å². The maximum Gasteiger partial charge on any atom is 1.00 e. The average Bonchev–Trinajstić information content (AvgIpc) is 3.12. The number of nitrogens with two attached hydrogens (primary N) is 1. The van der Waals surface area contributed by atoms with Gasteiger partial charge in [-0.3, -0.25) is 23.4 Å². The molecule has 0 aromatic carbocycles. The molecule has 1 fully saturated rings. The first-order chi connectivity index (χ1) is 14.6. The van der Waals surface area contributed by atoms with E-state index >= 15 is 0 Å². The van der Waals surface area contributed by atoms with Crippen molar-refractivity contribution < 1.29 is 90.9 Å². The summed E-state index contributed by atoms with van der Waals surface area (Å²) in [5.74, 6) is -0.281. The summed E-state index contributed by atoms with van der Waals surface area (Å²) >= 11 is 0. The summed E-state index contributed by atoms with van der Waals surface area (Å²) in [6.07, 6.45) is -5.38. The number of nitrogen functional groups attached to an aromatic ring is 1. The molecule has 3 rings (SSSR count). The van der Waals surface area contributed by atoms with Crippen molar-refractivity contribution in [2.24, 2.45) is 0 Å². The Balaban J connectivity index is 0.00000385. The van der Waals surface area contributed by atoms with Gasteiger partial charge in [-0.2, -0.15) is 9.29 Å². The van der Waals surface area contributed by atoms with Gasteiger partial charge in [0.15, 0.2) is 17.4 Å². The van der Waals surface area contributed by atoms with Crippen LogP contribution in [0.15, 0.2) is 11.1 Å². The zero-order chi connectivity index (χ0) is 24.1. The van der Waals surface area contributed by atoms with Gasteiger partial charge >= 0.3 is 45.2 Å². The number of phosphoric ester groups is 1. The molecule has 0 amide bonds. The summed E-state index contributed by atoms with van der Waals surface area (Å²) in [5, 5.41) is 20.4.